The van der Waals surface area contributed by atoms with E-state index in [2.05, 4.69) is 15.3 Å². The van der Waals surface area contributed by atoms with Gasteiger partial charge < -0.3 is 10.4 Å². The van der Waals surface area contributed by atoms with Crippen molar-refractivity contribution in [1.29, 1.82) is 0 Å². The molecule has 0 saturated heterocycles. The van der Waals surface area contributed by atoms with Gasteiger partial charge in [0.2, 0.25) is 5.88 Å². The second-order valence-electron chi connectivity index (χ2n) is 7.03. The predicted molar refractivity (Wildman–Crippen MR) is 121 cm³/mol. The molecule has 1 heterocycles. The van der Waals surface area contributed by atoms with Crippen LogP contribution in [0.2, 0.25) is 0 Å². The molecule has 4 aromatic rings. The largest absolute Gasteiger partial charge is 0.493 e. The average Bonchev–Trinajstić information content (AvgIpc) is 2.79. The van der Waals surface area contributed by atoms with Crippen LogP contribution in [-0.2, 0) is 6.54 Å². The summed E-state index contributed by atoms with van der Waals surface area (Å²) in [5.41, 5.74) is -1.51. The summed E-state index contributed by atoms with van der Waals surface area (Å²) < 4.78 is 28.6. The lowest BCUT2D eigenvalue weighted by molar-refractivity contribution is 0.426. The number of H-pyrrole nitrogens is 1. The van der Waals surface area contributed by atoms with E-state index in [9.17, 15) is 23.5 Å². The summed E-state index contributed by atoms with van der Waals surface area (Å²) in [7, 11) is 0. The number of halogens is 2. The van der Waals surface area contributed by atoms with Crippen molar-refractivity contribution in [3.8, 4) is 11.6 Å². The van der Waals surface area contributed by atoms with Gasteiger partial charge in [0.05, 0.1) is 12.2 Å². The first-order valence-corrected chi connectivity index (χ1v) is 9.88. The van der Waals surface area contributed by atoms with Crippen LogP contribution in [0.3, 0.4) is 0 Å². The van der Waals surface area contributed by atoms with E-state index >= 15 is 0 Å². The van der Waals surface area contributed by atoms with Crippen LogP contribution in [0.25, 0.3) is 5.69 Å². The van der Waals surface area contributed by atoms with E-state index in [1.807, 2.05) is 0 Å². The Morgan fingerprint density at radius 3 is 2.42 bits per heavy atom. The molecule has 0 unspecified atom stereocenters. The van der Waals surface area contributed by atoms with Crippen LogP contribution in [0.1, 0.15) is 11.1 Å². The molecule has 0 bridgehead atoms. The number of aliphatic imine (C=N–C) groups is 1. The second kappa shape index (κ2) is 9.31. The fraction of sp³-hybridized carbons (Fsp3) is 0.0417. The minimum absolute atomic E-state index is 0.0371. The topological polar surface area (TPSA) is 99.5 Å². The molecule has 0 spiro atoms. The summed E-state index contributed by atoms with van der Waals surface area (Å²) in [5, 5.41) is 13.9. The predicted octanol–water partition coefficient (Wildman–Crippen LogP) is 3.57. The Morgan fingerprint density at radius 2 is 1.70 bits per heavy atom. The number of amidine groups is 1. The number of aromatic nitrogens is 2. The van der Waals surface area contributed by atoms with E-state index in [1.54, 1.807) is 36.4 Å². The van der Waals surface area contributed by atoms with Crippen LogP contribution >= 0.6 is 0 Å². The van der Waals surface area contributed by atoms with Crippen LogP contribution in [0.15, 0.2) is 93.4 Å². The Hall–Kier alpha value is -4.53. The van der Waals surface area contributed by atoms with E-state index in [0.29, 0.717) is 15.8 Å². The van der Waals surface area contributed by atoms with Crippen LogP contribution in [0.4, 0.5) is 14.5 Å². The molecule has 3 N–H and O–H groups in total. The van der Waals surface area contributed by atoms with Crippen molar-refractivity contribution in [3.63, 3.8) is 0 Å². The van der Waals surface area contributed by atoms with Gasteiger partial charge in [-0.3, -0.25) is 14.8 Å². The lowest BCUT2D eigenvalue weighted by Crippen LogP contribution is -2.35. The van der Waals surface area contributed by atoms with Crippen LogP contribution in [-0.4, -0.2) is 20.5 Å². The lowest BCUT2D eigenvalue weighted by Gasteiger charge is -2.15. The molecule has 0 radical (unpaired) electrons. The van der Waals surface area contributed by atoms with Crippen LogP contribution in [0.5, 0.6) is 5.88 Å². The quantitative estimate of drug-likeness (QED) is 0.321. The molecule has 166 valence electrons. The van der Waals surface area contributed by atoms with E-state index in [1.165, 1.54) is 36.4 Å². The molecule has 0 saturated carbocycles. The molecular formula is C24H18F2N4O3. The highest BCUT2D eigenvalue weighted by molar-refractivity contribution is 6.09. The van der Waals surface area contributed by atoms with Gasteiger partial charge in [0.25, 0.3) is 5.56 Å². The van der Waals surface area contributed by atoms with E-state index in [4.69, 9.17) is 0 Å². The first kappa shape index (κ1) is 21.7. The number of nitrogens with zero attached hydrogens (tertiary/aromatic N) is 2. The normalized spacial score (nSPS) is 11.4. The summed E-state index contributed by atoms with van der Waals surface area (Å²) in [5.74, 6) is -2.11. The first-order valence-electron chi connectivity index (χ1n) is 9.88. The van der Waals surface area contributed by atoms with Gasteiger partial charge in [0.15, 0.2) is 0 Å². The molecule has 0 aliphatic carbocycles. The van der Waals surface area contributed by atoms with Crippen molar-refractivity contribution in [2.45, 2.75) is 6.54 Å². The minimum atomic E-state index is -1.02. The number of anilines is 1. The Bertz CT molecular complexity index is 1450. The van der Waals surface area contributed by atoms with E-state index in [-0.39, 0.29) is 23.6 Å². The number of aromatic amines is 1. The smallest absolute Gasteiger partial charge is 0.335 e. The van der Waals surface area contributed by atoms with Gasteiger partial charge in [-0.2, -0.15) is 0 Å². The van der Waals surface area contributed by atoms with Crippen molar-refractivity contribution < 1.29 is 13.9 Å². The molecule has 0 aliphatic heterocycles. The molecule has 0 aliphatic rings. The highest BCUT2D eigenvalue weighted by Crippen LogP contribution is 2.21. The zero-order valence-corrected chi connectivity index (χ0v) is 17.1. The standard InChI is InChI=1S/C24H18F2N4O3/c25-16-8-6-7-15(13-16)14-27-21(28-17-9-2-1-3-10-17)20-22(31)29-24(33)30(23(20)32)19-12-5-4-11-18(19)26/h1-13,32H,14H2,(H,27,28)(H,29,31,33). The maximum Gasteiger partial charge on any atom is 0.335 e. The summed E-state index contributed by atoms with van der Waals surface area (Å²) in [4.78, 5) is 31.6. The highest BCUT2D eigenvalue weighted by atomic mass is 19.1. The van der Waals surface area contributed by atoms with Crippen molar-refractivity contribution in [1.82, 2.24) is 9.55 Å². The van der Waals surface area contributed by atoms with Crippen molar-refractivity contribution in [3.05, 3.63) is 122 Å². The third-order valence-electron chi connectivity index (χ3n) is 4.76. The SMILES string of the molecule is O=c1[nH]c(=O)n(-c2ccccc2F)c(O)c1C(=NCc1cccc(F)c1)Nc1ccccc1. The third kappa shape index (κ3) is 4.72. The number of hydrogen-bond donors (Lipinski definition) is 3. The van der Waals surface area contributed by atoms with Gasteiger partial charge >= 0.3 is 5.69 Å². The summed E-state index contributed by atoms with van der Waals surface area (Å²) in [6.07, 6.45) is 0. The van der Waals surface area contributed by atoms with Crippen molar-refractivity contribution in [2.24, 2.45) is 4.99 Å². The monoisotopic (exact) mass is 448 g/mol. The summed E-state index contributed by atoms with van der Waals surface area (Å²) in [6.45, 7) is -0.0371. The van der Waals surface area contributed by atoms with Gasteiger partial charge in [-0.05, 0) is 42.0 Å². The Kier molecular flexibility index (Phi) is 6.12. The molecule has 0 amide bonds. The van der Waals surface area contributed by atoms with Crippen LogP contribution < -0.4 is 16.6 Å². The molecular weight excluding hydrogens is 430 g/mol. The molecule has 9 heteroatoms. The second-order valence-corrected chi connectivity index (χ2v) is 7.03. The Labute approximate surface area is 186 Å². The molecule has 0 fully saturated rings. The van der Waals surface area contributed by atoms with Crippen molar-refractivity contribution in [2.75, 3.05) is 5.32 Å². The number of para-hydroxylation sites is 2. The number of rotatable bonds is 5. The fourth-order valence-electron chi connectivity index (χ4n) is 3.24. The molecule has 0 atom stereocenters. The summed E-state index contributed by atoms with van der Waals surface area (Å²) in [6, 6.07) is 19.7. The van der Waals surface area contributed by atoms with Gasteiger partial charge in [0, 0.05) is 5.69 Å². The van der Waals surface area contributed by atoms with E-state index < -0.39 is 28.8 Å². The van der Waals surface area contributed by atoms with Gasteiger partial charge in [0.1, 0.15) is 23.0 Å². The molecule has 7 nitrogen and oxygen atoms in total. The number of nitrogens with one attached hydrogen (secondary N) is 2. The number of hydrogen-bond acceptors (Lipinski definition) is 4. The summed E-state index contributed by atoms with van der Waals surface area (Å²) >= 11 is 0. The van der Waals surface area contributed by atoms with Crippen molar-refractivity contribution >= 4 is 11.5 Å². The highest BCUT2D eigenvalue weighted by Gasteiger charge is 2.22. The van der Waals surface area contributed by atoms with E-state index in [0.717, 1.165) is 6.07 Å². The Balaban J connectivity index is 1.88. The Morgan fingerprint density at radius 1 is 0.970 bits per heavy atom. The maximum absolute atomic E-state index is 14.4. The molecule has 33 heavy (non-hydrogen) atoms. The zero-order valence-electron chi connectivity index (χ0n) is 17.1. The number of aromatic hydroxyl groups is 1. The maximum atomic E-state index is 14.4. The van der Waals surface area contributed by atoms with Gasteiger partial charge in [-0.1, -0.05) is 42.5 Å². The van der Waals surface area contributed by atoms with Gasteiger partial charge in [-0.15, -0.1) is 0 Å². The van der Waals surface area contributed by atoms with Gasteiger partial charge in [-0.25, -0.2) is 18.1 Å². The average molecular weight is 448 g/mol. The lowest BCUT2D eigenvalue weighted by atomic mass is 10.2. The molecule has 1 aromatic heterocycles. The van der Waals surface area contributed by atoms with Crippen LogP contribution in [0, 0.1) is 11.6 Å². The molecule has 4 rings (SSSR count). The zero-order chi connectivity index (χ0) is 23.4. The first-order chi connectivity index (χ1) is 15.9. The molecule has 3 aromatic carbocycles. The number of benzene rings is 3. The fourth-order valence-corrected chi connectivity index (χ4v) is 3.24. The minimum Gasteiger partial charge on any atom is -0.493 e. The third-order valence-corrected chi connectivity index (χ3v) is 4.76.